The number of aromatic nitrogens is 2. The van der Waals surface area contributed by atoms with E-state index in [0.29, 0.717) is 17.9 Å². The van der Waals surface area contributed by atoms with Gasteiger partial charge in [0, 0.05) is 18.4 Å². The minimum absolute atomic E-state index is 0.0478. The van der Waals surface area contributed by atoms with E-state index in [1.165, 1.54) is 25.7 Å². The number of hydrogen-bond donors (Lipinski definition) is 1. The van der Waals surface area contributed by atoms with Gasteiger partial charge in [-0.2, -0.15) is 0 Å². The standard InChI is InChI=1S/C23H27N3O2/c1-17-9-8-14-26-15-19(24-22(17)26)16-28-21-13-7-6-12-20(21)23(27)25-18-10-4-2-3-5-11-18/h6-9,12-15,18H,2-5,10-11,16H2,1H3,(H,25,27). The molecule has 1 saturated carbocycles. The molecule has 5 nitrogen and oxygen atoms in total. The van der Waals surface area contributed by atoms with Crippen LogP contribution in [0.15, 0.2) is 48.8 Å². The van der Waals surface area contributed by atoms with Gasteiger partial charge in [-0.25, -0.2) is 4.98 Å². The molecule has 1 N–H and O–H groups in total. The minimum Gasteiger partial charge on any atom is -0.486 e. The van der Waals surface area contributed by atoms with Gasteiger partial charge in [0.05, 0.1) is 11.3 Å². The molecule has 28 heavy (non-hydrogen) atoms. The molecule has 0 atom stereocenters. The number of hydrogen-bond acceptors (Lipinski definition) is 3. The van der Waals surface area contributed by atoms with Crippen molar-refractivity contribution in [2.24, 2.45) is 0 Å². The second-order valence-corrected chi connectivity index (χ2v) is 7.60. The lowest BCUT2D eigenvalue weighted by atomic mass is 10.1. The zero-order valence-corrected chi connectivity index (χ0v) is 16.4. The third kappa shape index (κ3) is 4.19. The summed E-state index contributed by atoms with van der Waals surface area (Å²) in [6.45, 7) is 2.37. The van der Waals surface area contributed by atoms with E-state index in [9.17, 15) is 4.79 Å². The molecule has 0 aliphatic heterocycles. The Balaban J connectivity index is 1.46. The summed E-state index contributed by atoms with van der Waals surface area (Å²) in [5, 5.41) is 3.20. The van der Waals surface area contributed by atoms with Crippen LogP contribution in [0.4, 0.5) is 0 Å². The average molecular weight is 377 g/mol. The highest BCUT2D eigenvalue weighted by atomic mass is 16.5. The van der Waals surface area contributed by atoms with Crippen molar-refractivity contribution < 1.29 is 9.53 Å². The van der Waals surface area contributed by atoms with E-state index in [-0.39, 0.29) is 11.9 Å². The molecule has 146 valence electrons. The number of rotatable bonds is 5. The topological polar surface area (TPSA) is 55.6 Å². The Kier molecular flexibility index (Phi) is 5.60. The van der Waals surface area contributed by atoms with Crippen LogP contribution in [0, 0.1) is 6.92 Å². The van der Waals surface area contributed by atoms with Gasteiger partial charge in [0.1, 0.15) is 18.0 Å². The zero-order valence-electron chi connectivity index (χ0n) is 16.4. The molecule has 2 aromatic heterocycles. The highest BCUT2D eigenvalue weighted by Gasteiger charge is 2.18. The van der Waals surface area contributed by atoms with E-state index < -0.39 is 0 Å². The predicted octanol–water partition coefficient (Wildman–Crippen LogP) is 4.67. The maximum Gasteiger partial charge on any atom is 0.255 e. The molecule has 0 spiro atoms. The SMILES string of the molecule is Cc1cccn2cc(COc3ccccc3C(=O)NC3CCCCCC3)nc12. The third-order valence-electron chi connectivity index (χ3n) is 5.43. The first-order valence-electron chi connectivity index (χ1n) is 10.2. The van der Waals surface area contributed by atoms with E-state index in [2.05, 4.69) is 10.3 Å². The van der Waals surface area contributed by atoms with E-state index >= 15 is 0 Å². The first kappa shape index (κ1) is 18.5. The van der Waals surface area contributed by atoms with Crippen molar-refractivity contribution in [3.05, 3.63) is 65.6 Å². The first-order valence-corrected chi connectivity index (χ1v) is 10.2. The Morgan fingerprint density at radius 2 is 1.93 bits per heavy atom. The largest absolute Gasteiger partial charge is 0.486 e. The number of carbonyl (C=O) groups excluding carboxylic acids is 1. The number of aryl methyl sites for hydroxylation is 1. The Bertz CT molecular complexity index is 955. The monoisotopic (exact) mass is 377 g/mol. The minimum atomic E-state index is -0.0478. The number of benzene rings is 1. The molecule has 4 rings (SSSR count). The van der Waals surface area contributed by atoms with Gasteiger partial charge in [-0.05, 0) is 43.5 Å². The second-order valence-electron chi connectivity index (χ2n) is 7.60. The summed E-state index contributed by atoms with van der Waals surface area (Å²) >= 11 is 0. The summed E-state index contributed by atoms with van der Waals surface area (Å²) < 4.78 is 7.99. The Morgan fingerprint density at radius 3 is 2.71 bits per heavy atom. The molecular weight excluding hydrogens is 350 g/mol. The highest BCUT2D eigenvalue weighted by molar-refractivity contribution is 5.97. The molecule has 1 aromatic carbocycles. The van der Waals surface area contributed by atoms with Crippen LogP contribution in [0.3, 0.4) is 0 Å². The number of imidazole rings is 1. The second kappa shape index (κ2) is 8.46. The maximum atomic E-state index is 12.8. The molecule has 1 aliphatic rings. The van der Waals surface area contributed by atoms with E-state index in [4.69, 9.17) is 4.74 Å². The van der Waals surface area contributed by atoms with Gasteiger partial charge in [-0.3, -0.25) is 4.79 Å². The first-order chi connectivity index (χ1) is 13.7. The molecule has 0 unspecified atom stereocenters. The summed E-state index contributed by atoms with van der Waals surface area (Å²) in [7, 11) is 0. The zero-order chi connectivity index (χ0) is 19.3. The van der Waals surface area contributed by atoms with Crippen molar-refractivity contribution in [3.8, 4) is 5.75 Å². The molecule has 1 aliphatic carbocycles. The molecule has 5 heteroatoms. The fourth-order valence-electron chi connectivity index (χ4n) is 3.89. The Hall–Kier alpha value is -2.82. The maximum absolute atomic E-state index is 12.8. The van der Waals surface area contributed by atoms with E-state index in [0.717, 1.165) is 29.7 Å². The van der Waals surface area contributed by atoms with Crippen molar-refractivity contribution in [2.75, 3.05) is 0 Å². The molecule has 1 amide bonds. The average Bonchev–Trinajstić information content (AvgIpc) is 2.97. The molecule has 3 aromatic rings. The fraction of sp³-hybridized carbons (Fsp3) is 0.391. The van der Waals surface area contributed by atoms with Gasteiger partial charge < -0.3 is 14.5 Å². The number of carbonyl (C=O) groups is 1. The molecule has 0 saturated heterocycles. The van der Waals surface area contributed by atoms with Crippen LogP contribution in [0.1, 0.15) is 60.1 Å². The summed E-state index contributed by atoms with van der Waals surface area (Å²) in [5.41, 5.74) is 3.48. The molecule has 0 radical (unpaired) electrons. The van der Waals surface area contributed by atoms with Gasteiger partial charge in [0.15, 0.2) is 0 Å². The van der Waals surface area contributed by atoms with Crippen molar-refractivity contribution >= 4 is 11.6 Å². The predicted molar refractivity (Wildman–Crippen MR) is 110 cm³/mol. The lowest BCUT2D eigenvalue weighted by Crippen LogP contribution is -2.34. The summed E-state index contributed by atoms with van der Waals surface area (Å²) in [4.78, 5) is 17.5. The lowest BCUT2D eigenvalue weighted by molar-refractivity contribution is 0.0928. The van der Waals surface area contributed by atoms with Crippen LogP contribution >= 0.6 is 0 Å². The van der Waals surface area contributed by atoms with Crippen LogP contribution in [0.25, 0.3) is 5.65 Å². The summed E-state index contributed by atoms with van der Waals surface area (Å²) in [6.07, 6.45) is 11.0. The summed E-state index contributed by atoms with van der Waals surface area (Å²) in [5.74, 6) is 0.552. The number of pyridine rings is 1. The van der Waals surface area contributed by atoms with Crippen LogP contribution in [-0.4, -0.2) is 21.3 Å². The van der Waals surface area contributed by atoms with Gasteiger partial charge >= 0.3 is 0 Å². The van der Waals surface area contributed by atoms with Gasteiger partial charge in [-0.15, -0.1) is 0 Å². The normalized spacial score (nSPS) is 15.3. The van der Waals surface area contributed by atoms with Crippen molar-refractivity contribution in [1.82, 2.24) is 14.7 Å². The van der Waals surface area contributed by atoms with Gasteiger partial charge in [0.2, 0.25) is 0 Å². The molecule has 2 heterocycles. The molecule has 1 fully saturated rings. The third-order valence-corrected chi connectivity index (χ3v) is 5.43. The van der Waals surface area contributed by atoms with Gasteiger partial charge in [0.25, 0.3) is 5.91 Å². The number of ether oxygens (including phenoxy) is 1. The molecule has 0 bridgehead atoms. The van der Waals surface area contributed by atoms with Crippen LogP contribution in [0.2, 0.25) is 0 Å². The van der Waals surface area contributed by atoms with Crippen molar-refractivity contribution in [2.45, 2.75) is 58.1 Å². The number of nitrogens with one attached hydrogen (secondary N) is 1. The van der Waals surface area contributed by atoms with E-state index in [1.54, 1.807) is 0 Å². The fourth-order valence-corrected chi connectivity index (χ4v) is 3.89. The van der Waals surface area contributed by atoms with Crippen LogP contribution in [-0.2, 0) is 6.61 Å². The van der Waals surface area contributed by atoms with E-state index in [1.807, 2.05) is 60.1 Å². The smallest absolute Gasteiger partial charge is 0.255 e. The van der Waals surface area contributed by atoms with Gasteiger partial charge in [-0.1, -0.05) is 43.9 Å². The summed E-state index contributed by atoms with van der Waals surface area (Å²) in [6, 6.07) is 11.8. The number of para-hydroxylation sites is 1. The van der Waals surface area contributed by atoms with Crippen LogP contribution < -0.4 is 10.1 Å². The van der Waals surface area contributed by atoms with Crippen molar-refractivity contribution in [3.63, 3.8) is 0 Å². The Morgan fingerprint density at radius 1 is 1.14 bits per heavy atom. The number of nitrogens with zero attached hydrogens (tertiary/aromatic N) is 2. The number of fused-ring (bicyclic) bond motifs is 1. The Labute approximate surface area is 165 Å². The van der Waals surface area contributed by atoms with Crippen molar-refractivity contribution in [1.29, 1.82) is 0 Å². The quantitative estimate of drug-likeness (QED) is 0.657. The number of amides is 1. The van der Waals surface area contributed by atoms with Crippen LogP contribution in [0.5, 0.6) is 5.75 Å². The molecular formula is C23H27N3O2. The highest BCUT2D eigenvalue weighted by Crippen LogP contribution is 2.22. The lowest BCUT2D eigenvalue weighted by Gasteiger charge is -2.17.